The number of carbonyl (C=O) groups excluding carboxylic acids is 2. The summed E-state index contributed by atoms with van der Waals surface area (Å²) >= 11 is 0. The largest absolute Gasteiger partial charge is 0.388 e. The minimum atomic E-state index is -4.39. The van der Waals surface area contributed by atoms with Crippen molar-refractivity contribution in [3.8, 4) is 0 Å². The van der Waals surface area contributed by atoms with Crippen LogP contribution in [0.5, 0.6) is 0 Å². The van der Waals surface area contributed by atoms with E-state index in [1.54, 1.807) is 0 Å². The fourth-order valence-corrected chi connectivity index (χ4v) is 5.04. The van der Waals surface area contributed by atoms with Gasteiger partial charge in [0.25, 0.3) is 17.8 Å². The first-order chi connectivity index (χ1) is 36.5. The number of amides is 1. The van der Waals surface area contributed by atoms with Crippen LogP contribution in [-0.2, 0) is 75.9 Å². The molecule has 5 unspecified atom stereocenters. The Kier molecular flexibility index (Phi) is 45.3. The maximum absolute atomic E-state index is 13.7. The molecule has 0 aromatic heterocycles. The molecule has 0 aliphatic rings. The van der Waals surface area contributed by atoms with Crippen LogP contribution in [0, 0.1) is 0 Å². The summed E-state index contributed by atoms with van der Waals surface area (Å²) in [4.78, 5) is 21.4. The van der Waals surface area contributed by atoms with Gasteiger partial charge in [0.05, 0.1) is 99.1 Å². The molecule has 1 amide bonds. The first kappa shape index (κ1) is 77.2. The number of Topliss-reactive ketones (excluding diaryl/α,β-unsaturated/α-hetero) is 1. The Morgan fingerprint density at radius 1 is 0.436 bits per heavy atom. The summed E-state index contributed by atoms with van der Waals surface area (Å²) in [5, 5.41) is 50.4. The monoisotopic (exact) mass is 1170 g/mol. The standard InChI is InChI=1S/C23H38F6O9.C23H41F4NO12/c1-3-6-33-8-19(31)10-35-12-21(24,25)14-37-16-23(28,29)17-38-15-22(26,27)13-36-11-20(32)9-34-7-4-5-18(2)30;1-3-5-33-9-20(31)12-37-13-21(32)14-38-15-22(24,25)40-23(26,27)16-39-17-36-8-7-35-11-19(30)10-34-6-4-28-18(2)29/h3,19-20,31-32H,1,4-17H2,2H3;3,19-21,30-32H,1,4-17H2,2H3,(H,28,29). The molecule has 6 N–H and O–H groups in total. The molecule has 0 fully saturated rings. The lowest BCUT2D eigenvalue weighted by atomic mass is 10.2. The minimum Gasteiger partial charge on any atom is -0.388 e. The third-order valence-electron chi connectivity index (χ3n) is 8.27. The molecule has 0 rings (SSSR count). The van der Waals surface area contributed by atoms with Crippen molar-refractivity contribution in [2.45, 2.75) is 87.2 Å². The number of ketones is 1. The third-order valence-corrected chi connectivity index (χ3v) is 8.27. The molecule has 32 heteroatoms. The second-order valence-electron chi connectivity index (χ2n) is 16.8. The number of hydrogen-bond donors (Lipinski definition) is 6. The number of alkyl halides is 10. The zero-order valence-corrected chi connectivity index (χ0v) is 43.8. The van der Waals surface area contributed by atoms with Gasteiger partial charge in [0.2, 0.25) is 5.91 Å². The second-order valence-corrected chi connectivity index (χ2v) is 16.8. The zero-order valence-electron chi connectivity index (χ0n) is 43.8. The maximum Gasteiger partial charge on any atom is 0.383 e. The van der Waals surface area contributed by atoms with Gasteiger partial charge in [0.15, 0.2) is 0 Å². The Bertz CT molecular complexity index is 1510. The Hall–Kier alpha value is -2.84. The molecule has 464 valence electrons. The predicted octanol–water partition coefficient (Wildman–Crippen LogP) is 1.94. The number of hydrogen-bond acceptors (Lipinski definition) is 21. The fourth-order valence-electron chi connectivity index (χ4n) is 5.04. The highest BCUT2D eigenvalue weighted by atomic mass is 19.3. The molecule has 0 heterocycles. The number of carbonyl (C=O) groups is 2. The Morgan fingerprint density at radius 3 is 1.18 bits per heavy atom. The van der Waals surface area contributed by atoms with Crippen LogP contribution in [0.1, 0.15) is 26.7 Å². The van der Waals surface area contributed by atoms with Gasteiger partial charge in [-0.15, -0.1) is 13.2 Å². The number of halogens is 10. The van der Waals surface area contributed by atoms with Crippen molar-refractivity contribution in [1.82, 2.24) is 5.32 Å². The lowest BCUT2D eigenvalue weighted by Gasteiger charge is -2.24. The van der Waals surface area contributed by atoms with Gasteiger partial charge in [-0.2, -0.15) is 17.6 Å². The van der Waals surface area contributed by atoms with Gasteiger partial charge in [-0.05, 0) is 13.3 Å². The molecule has 0 saturated heterocycles. The first-order valence-electron chi connectivity index (χ1n) is 24.0. The third kappa shape index (κ3) is 53.8. The van der Waals surface area contributed by atoms with Crippen molar-refractivity contribution in [3.63, 3.8) is 0 Å². The van der Waals surface area contributed by atoms with Crippen LogP contribution in [0.3, 0.4) is 0 Å². The molecule has 0 aliphatic carbocycles. The number of nitrogens with one attached hydrogen (secondary N) is 1. The summed E-state index contributed by atoms with van der Waals surface area (Å²) in [6.45, 7) is -4.28. The van der Waals surface area contributed by atoms with Gasteiger partial charge >= 0.3 is 12.2 Å². The fraction of sp³-hybridized carbons (Fsp3) is 0.870. The van der Waals surface area contributed by atoms with E-state index < -0.39 is 140 Å². The first-order valence-corrected chi connectivity index (χ1v) is 24.0. The van der Waals surface area contributed by atoms with Crippen LogP contribution in [0.4, 0.5) is 43.9 Å². The number of rotatable bonds is 54. The van der Waals surface area contributed by atoms with Crippen LogP contribution >= 0.6 is 0 Å². The predicted molar refractivity (Wildman–Crippen MR) is 251 cm³/mol. The van der Waals surface area contributed by atoms with Gasteiger partial charge in [0.1, 0.15) is 96.0 Å². The average Bonchev–Trinajstić information content (AvgIpc) is 3.31. The highest BCUT2D eigenvalue weighted by molar-refractivity contribution is 5.75. The molecular formula is C46H79F10NO21. The van der Waals surface area contributed by atoms with Crippen LogP contribution in [0.15, 0.2) is 25.3 Å². The van der Waals surface area contributed by atoms with E-state index in [2.05, 4.69) is 51.6 Å². The number of aliphatic hydroxyl groups excluding tert-OH is 5. The molecule has 0 spiro atoms. The molecule has 22 nitrogen and oxygen atoms in total. The van der Waals surface area contributed by atoms with E-state index >= 15 is 0 Å². The van der Waals surface area contributed by atoms with Crippen molar-refractivity contribution >= 4 is 11.7 Å². The average molecular weight is 1170 g/mol. The van der Waals surface area contributed by atoms with Crippen molar-refractivity contribution in [3.05, 3.63) is 25.3 Å². The molecule has 0 bridgehead atoms. The quantitative estimate of drug-likeness (QED) is 0.0220. The SMILES string of the molecule is C=CCOCC(O)COCC(F)(F)COCC(F)(F)COCC(F)(F)COCC(O)COCCCC(C)=O.C=CCOCC(O)COCC(O)COCC(F)(F)OC(F)(F)COCOCCOCC(O)COCCNC(C)=O. The highest BCUT2D eigenvalue weighted by Crippen LogP contribution is 2.28. The van der Waals surface area contributed by atoms with Crippen LogP contribution in [-0.4, -0.2) is 270 Å². The Labute approximate surface area is 446 Å². The Morgan fingerprint density at radius 2 is 0.769 bits per heavy atom. The Balaban J connectivity index is 0. The van der Waals surface area contributed by atoms with Crippen molar-refractivity contribution in [2.24, 2.45) is 0 Å². The summed E-state index contributed by atoms with van der Waals surface area (Å²) < 4.78 is 202. The van der Waals surface area contributed by atoms with Crippen LogP contribution in [0.2, 0.25) is 0 Å². The smallest absolute Gasteiger partial charge is 0.383 e. The summed E-state index contributed by atoms with van der Waals surface area (Å²) in [5.74, 6) is -11.4. The number of ether oxygens (including phenoxy) is 14. The van der Waals surface area contributed by atoms with E-state index in [1.165, 1.54) is 26.0 Å². The summed E-state index contributed by atoms with van der Waals surface area (Å²) in [5.41, 5.74) is 0. The number of aliphatic hydroxyl groups is 5. The van der Waals surface area contributed by atoms with Crippen LogP contribution < -0.4 is 5.32 Å². The van der Waals surface area contributed by atoms with E-state index in [1.807, 2.05) is 0 Å². The van der Waals surface area contributed by atoms with Gasteiger partial charge < -0.3 is 97.2 Å². The molecule has 5 atom stereocenters. The van der Waals surface area contributed by atoms with Gasteiger partial charge in [-0.25, -0.2) is 26.3 Å². The summed E-state index contributed by atoms with van der Waals surface area (Å²) in [6.07, 6.45) is -10.8. The topological polar surface area (TPSA) is 277 Å². The molecule has 0 radical (unpaired) electrons. The van der Waals surface area contributed by atoms with E-state index in [0.717, 1.165) is 0 Å². The lowest BCUT2D eigenvalue weighted by molar-refractivity contribution is -0.396. The summed E-state index contributed by atoms with van der Waals surface area (Å²) in [6, 6.07) is 0. The minimum absolute atomic E-state index is 0.0176. The highest BCUT2D eigenvalue weighted by Gasteiger charge is 2.45. The molecule has 0 aromatic carbocycles. The molecule has 78 heavy (non-hydrogen) atoms. The van der Waals surface area contributed by atoms with E-state index in [-0.39, 0.29) is 97.6 Å². The van der Waals surface area contributed by atoms with Crippen LogP contribution in [0.25, 0.3) is 0 Å². The van der Waals surface area contributed by atoms with E-state index in [0.29, 0.717) is 19.4 Å². The lowest BCUT2D eigenvalue weighted by Crippen LogP contribution is -2.40. The molecular weight excluding hydrogens is 1090 g/mol. The van der Waals surface area contributed by atoms with E-state index in [9.17, 15) is 79.0 Å². The van der Waals surface area contributed by atoms with Gasteiger partial charge in [0, 0.05) is 26.5 Å². The molecule has 0 saturated carbocycles. The van der Waals surface area contributed by atoms with Crippen molar-refractivity contribution in [1.29, 1.82) is 0 Å². The van der Waals surface area contributed by atoms with Gasteiger partial charge in [-0.3, -0.25) is 9.53 Å². The maximum atomic E-state index is 13.7. The van der Waals surface area contributed by atoms with Gasteiger partial charge in [-0.1, -0.05) is 12.2 Å². The zero-order chi connectivity index (χ0) is 59.4. The summed E-state index contributed by atoms with van der Waals surface area (Å²) in [7, 11) is 0. The van der Waals surface area contributed by atoms with E-state index in [4.69, 9.17) is 33.2 Å². The molecule has 0 aliphatic heterocycles. The second kappa shape index (κ2) is 45.7. The van der Waals surface area contributed by atoms with Crippen molar-refractivity contribution < 1.29 is 145 Å². The van der Waals surface area contributed by atoms with Crippen molar-refractivity contribution in [2.75, 3.05) is 172 Å². The normalized spacial score (nSPS) is 14.5. The molecule has 0 aromatic rings.